The summed E-state index contributed by atoms with van der Waals surface area (Å²) in [5.74, 6) is 2.03. The van der Waals surface area contributed by atoms with Crippen molar-refractivity contribution in [1.82, 2.24) is 9.80 Å². The minimum Gasteiger partial charge on any atom is -0.457 e. The number of carbonyl (C=O) groups is 2. The third kappa shape index (κ3) is 3.86. The molecule has 6 heteroatoms. The molecule has 3 aliphatic rings. The molecule has 0 N–H and O–H groups in total. The van der Waals surface area contributed by atoms with E-state index < -0.39 is 11.8 Å². The Morgan fingerprint density at radius 3 is 1.10 bits per heavy atom. The molecule has 0 unspecified atom stereocenters. The Morgan fingerprint density at radius 1 is 0.525 bits per heavy atom. The lowest BCUT2D eigenvalue weighted by molar-refractivity contribution is -0.146. The first-order valence-electron chi connectivity index (χ1n) is 13.8. The molecule has 6 nitrogen and oxygen atoms in total. The van der Waals surface area contributed by atoms with E-state index in [4.69, 9.17) is 9.47 Å². The van der Waals surface area contributed by atoms with E-state index in [1.807, 2.05) is 121 Å². The quantitative estimate of drug-likeness (QED) is 0.305. The van der Waals surface area contributed by atoms with Crippen molar-refractivity contribution < 1.29 is 19.1 Å². The molecule has 0 spiro atoms. The topological polar surface area (TPSA) is 59.1 Å². The lowest BCUT2D eigenvalue weighted by Crippen LogP contribution is -2.61. The van der Waals surface area contributed by atoms with Gasteiger partial charge < -0.3 is 19.3 Å². The van der Waals surface area contributed by atoms with Gasteiger partial charge in [-0.25, -0.2) is 0 Å². The predicted octanol–water partition coefficient (Wildman–Crippen LogP) is 6.31. The Kier molecular flexibility index (Phi) is 5.84. The molecule has 200 valence electrons. The van der Waals surface area contributed by atoms with Crippen LogP contribution < -0.4 is 9.47 Å². The normalized spacial score (nSPS) is 19.9. The van der Waals surface area contributed by atoms with E-state index in [0.717, 1.165) is 22.3 Å². The van der Waals surface area contributed by atoms with Crippen LogP contribution in [0, 0.1) is 0 Å². The summed E-state index contributed by atoms with van der Waals surface area (Å²) in [6.07, 6.45) is 0. The molecular weight excluding hydrogens is 500 g/mol. The number of piperazine rings is 1. The van der Waals surface area contributed by atoms with Gasteiger partial charge in [0, 0.05) is 47.4 Å². The van der Waals surface area contributed by atoms with Crippen LogP contribution in [0.4, 0.5) is 0 Å². The second-order valence-electron chi connectivity index (χ2n) is 10.9. The van der Waals surface area contributed by atoms with Crippen molar-refractivity contribution in [3.05, 3.63) is 119 Å². The maximum atomic E-state index is 14.3. The van der Waals surface area contributed by atoms with Gasteiger partial charge in [0.1, 0.15) is 23.0 Å². The number of hydrogen-bond donors (Lipinski definition) is 0. The summed E-state index contributed by atoms with van der Waals surface area (Å²) in [4.78, 5) is 32.5. The zero-order valence-corrected chi connectivity index (χ0v) is 22.5. The maximum Gasteiger partial charge on any atom is 0.235 e. The van der Waals surface area contributed by atoms with Crippen molar-refractivity contribution in [1.29, 1.82) is 0 Å². The molecule has 0 bridgehead atoms. The van der Waals surface area contributed by atoms with Crippen LogP contribution in [0.2, 0.25) is 0 Å². The zero-order valence-electron chi connectivity index (χ0n) is 22.5. The number of nitrogens with zero attached hydrogens (tertiary/aromatic N) is 2. The number of fused-ring (bicyclic) bond motifs is 4. The SMILES string of the molecule is C[C@@H]1CN(C(=O)C2c3ccccc3Oc3ccccc32)[C@H](C)CN1C(=O)C1c2ccccc2Oc2ccccc21. The summed E-state index contributed by atoms with van der Waals surface area (Å²) in [6.45, 7) is 4.99. The van der Waals surface area contributed by atoms with E-state index in [2.05, 4.69) is 0 Å². The number of ether oxygens (including phenoxy) is 2. The molecule has 4 aromatic rings. The number of rotatable bonds is 2. The molecule has 0 aliphatic carbocycles. The molecule has 0 radical (unpaired) electrons. The van der Waals surface area contributed by atoms with Gasteiger partial charge in [0.25, 0.3) is 0 Å². The van der Waals surface area contributed by atoms with Crippen molar-refractivity contribution in [3.63, 3.8) is 0 Å². The minimum absolute atomic E-state index is 0.0383. The Balaban J connectivity index is 1.19. The molecule has 40 heavy (non-hydrogen) atoms. The average molecular weight is 531 g/mol. The number of amides is 2. The second-order valence-corrected chi connectivity index (χ2v) is 10.9. The van der Waals surface area contributed by atoms with E-state index in [1.165, 1.54) is 0 Å². The summed E-state index contributed by atoms with van der Waals surface area (Å²) in [5, 5.41) is 0. The molecule has 3 aliphatic heterocycles. The molecule has 2 amide bonds. The first-order valence-corrected chi connectivity index (χ1v) is 13.8. The highest BCUT2D eigenvalue weighted by atomic mass is 16.5. The predicted molar refractivity (Wildman–Crippen MR) is 152 cm³/mol. The van der Waals surface area contributed by atoms with Gasteiger partial charge in [0.2, 0.25) is 11.8 Å². The lowest BCUT2D eigenvalue weighted by atomic mass is 9.85. The summed E-state index contributed by atoms with van der Waals surface area (Å²) in [5.41, 5.74) is 3.50. The monoisotopic (exact) mass is 530 g/mol. The highest BCUT2D eigenvalue weighted by Crippen LogP contribution is 2.47. The van der Waals surface area contributed by atoms with Crippen LogP contribution in [-0.2, 0) is 9.59 Å². The first-order chi connectivity index (χ1) is 19.5. The van der Waals surface area contributed by atoms with Crippen LogP contribution in [0.25, 0.3) is 0 Å². The van der Waals surface area contributed by atoms with Crippen molar-refractivity contribution in [3.8, 4) is 23.0 Å². The van der Waals surface area contributed by atoms with E-state index in [0.29, 0.717) is 36.1 Å². The fourth-order valence-corrected chi connectivity index (χ4v) is 6.42. The van der Waals surface area contributed by atoms with E-state index >= 15 is 0 Å². The van der Waals surface area contributed by atoms with Gasteiger partial charge in [0.05, 0.1) is 11.8 Å². The summed E-state index contributed by atoms with van der Waals surface area (Å²) in [6, 6.07) is 30.7. The van der Waals surface area contributed by atoms with Gasteiger partial charge in [-0.2, -0.15) is 0 Å². The molecule has 2 atom stereocenters. The average Bonchev–Trinajstić information content (AvgIpc) is 2.98. The highest BCUT2D eigenvalue weighted by molar-refractivity contribution is 5.92. The largest absolute Gasteiger partial charge is 0.457 e. The van der Waals surface area contributed by atoms with Crippen molar-refractivity contribution in [2.45, 2.75) is 37.8 Å². The minimum atomic E-state index is -0.452. The van der Waals surface area contributed by atoms with E-state index in [-0.39, 0.29) is 23.9 Å². The molecule has 0 aromatic heterocycles. The molecule has 4 aromatic carbocycles. The maximum absolute atomic E-state index is 14.3. The van der Waals surface area contributed by atoms with Crippen LogP contribution in [0.5, 0.6) is 23.0 Å². The van der Waals surface area contributed by atoms with Crippen LogP contribution in [0.15, 0.2) is 97.1 Å². The Hall–Kier alpha value is -4.58. The smallest absolute Gasteiger partial charge is 0.235 e. The third-order valence-electron chi connectivity index (χ3n) is 8.41. The highest BCUT2D eigenvalue weighted by Gasteiger charge is 2.43. The van der Waals surface area contributed by atoms with Crippen molar-refractivity contribution in [2.24, 2.45) is 0 Å². The molecular formula is C34H30N2O4. The number of benzene rings is 4. The van der Waals surface area contributed by atoms with Crippen molar-refractivity contribution >= 4 is 11.8 Å². The van der Waals surface area contributed by atoms with Crippen molar-refractivity contribution in [2.75, 3.05) is 13.1 Å². The Bertz CT molecular complexity index is 1420. The zero-order chi connectivity index (χ0) is 27.4. The van der Waals surface area contributed by atoms with Gasteiger partial charge in [-0.05, 0) is 38.1 Å². The molecule has 1 saturated heterocycles. The molecule has 3 heterocycles. The molecule has 0 saturated carbocycles. The summed E-state index contributed by atoms with van der Waals surface area (Å²) in [7, 11) is 0. The van der Waals surface area contributed by atoms with E-state index in [1.54, 1.807) is 0 Å². The number of hydrogen-bond acceptors (Lipinski definition) is 4. The molecule has 1 fully saturated rings. The summed E-state index contributed by atoms with van der Waals surface area (Å²) >= 11 is 0. The Morgan fingerprint density at radius 2 is 0.800 bits per heavy atom. The van der Waals surface area contributed by atoms with Gasteiger partial charge in [-0.3, -0.25) is 9.59 Å². The van der Waals surface area contributed by atoms with Gasteiger partial charge >= 0.3 is 0 Å². The fourth-order valence-electron chi connectivity index (χ4n) is 6.42. The third-order valence-corrected chi connectivity index (χ3v) is 8.41. The first kappa shape index (κ1) is 24.5. The number of carbonyl (C=O) groups excluding carboxylic acids is 2. The van der Waals surface area contributed by atoms with Crippen LogP contribution >= 0.6 is 0 Å². The van der Waals surface area contributed by atoms with Gasteiger partial charge in [-0.15, -0.1) is 0 Å². The molecule has 7 rings (SSSR count). The van der Waals surface area contributed by atoms with Crippen LogP contribution in [0.3, 0.4) is 0 Å². The van der Waals surface area contributed by atoms with Crippen LogP contribution in [0.1, 0.15) is 47.9 Å². The lowest BCUT2D eigenvalue weighted by Gasteiger charge is -2.46. The fraction of sp³-hybridized carbons (Fsp3) is 0.235. The standard InChI is InChI=1S/C34H30N2O4/c1-21-19-36(34(38)32-25-13-5-9-17-29(25)40-30-18-10-6-14-26(30)32)22(2)20-35(21)33(37)31-23-11-3-7-15-27(23)39-28-16-8-4-12-24(28)31/h3-18,21-22,31-32H,19-20H2,1-2H3/t21-,22-/m1/s1. The Labute approximate surface area is 233 Å². The van der Waals surface area contributed by atoms with E-state index in [9.17, 15) is 9.59 Å². The summed E-state index contributed by atoms with van der Waals surface area (Å²) < 4.78 is 12.3. The number of para-hydroxylation sites is 4. The van der Waals surface area contributed by atoms with Crippen LogP contribution in [-0.4, -0.2) is 46.8 Å². The van der Waals surface area contributed by atoms with Gasteiger partial charge in [-0.1, -0.05) is 72.8 Å². The van der Waals surface area contributed by atoms with Gasteiger partial charge in [0.15, 0.2) is 0 Å². The second kappa shape index (κ2) is 9.56.